The number of hydrogen-bond acceptors (Lipinski definition) is 31. The number of pyridine rings is 1. The van der Waals surface area contributed by atoms with E-state index in [1.807, 2.05) is 66.3 Å². The van der Waals surface area contributed by atoms with Crippen LogP contribution in [0, 0.1) is 41.5 Å². The molecule has 10 aromatic rings. The predicted molar refractivity (Wildman–Crippen MR) is 507 cm³/mol. The molecule has 0 spiro atoms. The van der Waals surface area contributed by atoms with Gasteiger partial charge in [-0.3, -0.25) is 0 Å². The molecule has 0 aliphatic carbocycles. The summed E-state index contributed by atoms with van der Waals surface area (Å²) in [5, 5.41) is 7.00. The zero-order chi connectivity index (χ0) is 100. The van der Waals surface area contributed by atoms with E-state index in [0.717, 1.165) is 53.8 Å². The number of carbonyl (C=O) groups excluding carboxylic acids is 12. The molecule has 9 aromatic carbocycles. The van der Waals surface area contributed by atoms with Crippen LogP contribution in [-0.2, 0) is 54.1 Å². The third kappa shape index (κ3) is 38.2. The summed E-state index contributed by atoms with van der Waals surface area (Å²) >= 11 is 0. The number of unbranched alkanes of at least 4 members (excludes halogenated alkanes) is 4. The molecule has 724 valence electrons. The lowest BCUT2D eigenvalue weighted by atomic mass is 10.0. The molecule has 0 unspecified atom stereocenters. The van der Waals surface area contributed by atoms with Crippen molar-refractivity contribution < 1.29 is 148 Å². The molecule has 0 aliphatic heterocycles. The van der Waals surface area contributed by atoms with Crippen molar-refractivity contribution in [2.45, 2.75) is 99.5 Å². The van der Waals surface area contributed by atoms with Crippen LogP contribution < -0.4 is 61.6 Å². The van der Waals surface area contributed by atoms with E-state index in [0.29, 0.717) is 170 Å². The van der Waals surface area contributed by atoms with Gasteiger partial charge in [-0.25, -0.2) is 62.1 Å². The van der Waals surface area contributed by atoms with Gasteiger partial charge in [0.25, 0.3) is 0 Å². The standard InChI is InChI=1S/C37H36O14.C35H36O10.C33H35N2O5.CH4O/c1-4-32(38)44-20-6-8-22-46-36(42)49-28-14-10-26(11-15-28)34(40)48-30-18-19-31(25(3)24-30)51-35(41)27-12-16-29(17-13-27)50-37(43)47-23-9-7-21-45-33(39)5-2;1-4-32(36)42-22-8-6-20-40-28-14-10-26(11-15-28)34(38)44-30-18-19-31(25(3)24-30)45-35(39)27-12-16-29(17-13-27)41-21-7-9-23-43-33(37)5-2;1-22-7-9-26(10-8-22)32(36)39-30-21-23(2)31(25(4)24(30)3)40-33(37)27-11-13-29(14-12-27)38-20-19-35-17-15-28(16-18-35)34(5)6;1-2/h4-5,10-19,24H,1-2,6-9,20-23H2,3H3;4-5,10-19,24H,1-2,6-9,20-23H2,3H3;7-18,21H,19-20H2,1-6H3;2H,1H3/q;;+1;. The van der Waals surface area contributed by atoms with E-state index in [-0.39, 0.29) is 60.6 Å². The van der Waals surface area contributed by atoms with Crippen LogP contribution in [0.25, 0.3) is 0 Å². The van der Waals surface area contributed by atoms with Gasteiger partial charge >= 0.3 is 72.0 Å². The molecule has 0 amide bonds. The lowest BCUT2D eigenvalue weighted by Gasteiger charge is -2.16. The van der Waals surface area contributed by atoms with E-state index >= 15 is 0 Å². The monoisotopic (exact) mass is 1890 g/mol. The number of aliphatic hydroxyl groups is 1. The van der Waals surface area contributed by atoms with Crippen molar-refractivity contribution >= 4 is 77.7 Å². The average Bonchev–Trinajstić information content (AvgIpc) is 0.780. The lowest BCUT2D eigenvalue weighted by molar-refractivity contribution is -0.697. The van der Waals surface area contributed by atoms with Crippen LogP contribution in [0.3, 0.4) is 0 Å². The van der Waals surface area contributed by atoms with Crippen LogP contribution in [0.2, 0.25) is 0 Å². The van der Waals surface area contributed by atoms with Gasteiger partial charge in [0.05, 0.1) is 86.2 Å². The summed E-state index contributed by atoms with van der Waals surface area (Å²) in [5.74, 6) is -1.18. The van der Waals surface area contributed by atoms with Crippen molar-refractivity contribution in [1.82, 2.24) is 0 Å². The number of ether oxygens (including phenoxy) is 17. The second kappa shape index (κ2) is 58.5. The van der Waals surface area contributed by atoms with Crippen molar-refractivity contribution in [3.63, 3.8) is 0 Å². The number of aromatic nitrogens is 1. The molecular formula is C106H111N2O30+. The number of carbonyl (C=O) groups is 12. The summed E-state index contributed by atoms with van der Waals surface area (Å²) in [6, 6.07) is 53.5. The highest BCUT2D eigenvalue weighted by molar-refractivity contribution is 5.95. The zero-order valence-corrected chi connectivity index (χ0v) is 78.3. The van der Waals surface area contributed by atoms with Crippen molar-refractivity contribution in [2.75, 3.05) is 85.6 Å². The largest absolute Gasteiger partial charge is 0.513 e. The van der Waals surface area contributed by atoms with Gasteiger partial charge in [0.15, 0.2) is 18.9 Å². The molecule has 0 aliphatic rings. The van der Waals surface area contributed by atoms with E-state index in [1.54, 1.807) is 123 Å². The number of aliphatic hydroxyl groups excluding tert-OH is 1. The van der Waals surface area contributed by atoms with E-state index < -0.39 is 72.0 Å². The molecule has 1 heterocycles. The van der Waals surface area contributed by atoms with Crippen molar-refractivity contribution in [3.8, 4) is 63.2 Å². The minimum Gasteiger partial charge on any atom is -0.494 e. The fraction of sp³-hybridized carbons (Fsp3) is 0.255. The van der Waals surface area contributed by atoms with E-state index in [9.17, 15) is 57.5 Å². The fourth-order valence-corrected chi connectivity index (χ4v) is 11.8. The first kappa shape index (κ1) is 109. The van der Waals surface area contributed by atoms with Crippen LogP contribution in [0.5, 0.6) is 63.2 Å². The van der Waals surface area contributed by atoms with Crippen LogP contribution in [0.1, 0.15) is 147 Å². The summed E-state index contributed by atoms with van der Waals surface area (Å²) in [6.07, 6.45) is 11.2. The zero-order valence-electron chi connectivity index (χ0n) is 78.3. The van der Waals surface area contributed by atoms with E-state index in [4.69, 9.17) is 85.6 Å². The van der Waals surface area contributed by atoms with Gasteiger partial charge in [0.2, 0.25) is 0 Å². The van der Waals surface area contributed by atoms with Crippen molar-refractivity contribution in [3.05, 3.63) is 330 Å². The van der Waals surface area contributed by atoms with Crippen LogP contribution in [0.15, 0.2) is 263 Å². The molecule has 32 heteroatoms. The Balaban J connectivity index is 0.000000281. The Morgan fingerprint density at radius 3 is 0.899 bits per heavy atom. The van der Waals surface area contributed by atoms with Gasteiger partial charge in [-0.15, -0.1) is 0 Å². The van der Waals surface area contributed by atoms with Crippen molar-refractivity contribution in [2.24, 2.45) is 0 Å². The Hall–Kier alpha value is -16.5. The molecule has 0 atom stereocenters. The number of hydrogen-bond donors (Lipinski definition) is 1. The molecule has 32 nitrogen and oxygen atoms in total. The Morgan fingerprint density at radius 1 is 0.290 bits per heavy atom. The molecule has 10 rings (SSSR count). The SMILES string of the molecule is C=CC(=O)OCCCCOC(=O)Oc1ccc(C(=O)Oc2ccc(OC(=O)c3ccc(OC(=O)OCCCCOC(=O)C=C)cc3)c(C)c2)cc1.C=CC(=O)OCCCCOc1ccc(C(=O)Oc2ccc(OC(=O)c3ccc(OCCCCOC(=O)C=C)cc3)c(C)c2)cc1.CO.Cc1ccc(C(=O)Oc2cc(C)c(OC(=O)c3ccc(OCC[n+]4ccc(N(C)C)cc4)cc3)c(C)c2C)cc1. The first-order chi connectivity index (χ1) is 66.5. The van der Waals surface area contributed by atoms with Gasteiger partial charge in [-0.2, -0.15) is 0 Å². The Bertz CT molecular complexity index is 5770. The Morgan fingerprint density at radius 2 is 0.572 bits per heavy atom. The van der Waals surface area contributed by atoms with Crippen LogP contribution >= 0.6 is 0 Å². The maximum Gasteiger partial charge on any atom is 0.513 e. The molecule has 0 saturated heterocycles. The third-order valence-electron chi connectivity index (χ3n) is 19.4. The third-order valence-corrected chi connectivity index (χ3v) is 19.4. The molecule has 1 aromatic heterocycles. The lowest BCUT2D eigenvalue weighted by Crippen LogP contribution is -2.35. The van der Waals surface area contributed by atoms with Gasteiger partial charge in [0.1, 0.15) is 69.9 Å². The molecule has 0 fully saturated rings. The molecule has 0 bridgehead atoms. The van der Waals surface area contributed by atoms with Gasteiger partial charge in [-0.1, -0.05) is 44.0 Å². The summed E-state index contributed by atoms with van der Waals surface area (Å²) in [6.45, 7) is 27.3. The number of esters is 10. The fourth-order valence-electron chi connectivity index (χ4n) is 11.8. The number of rotatable bonds is 45. The molecule has 138 heavy (non-hydrogen) atoms. The van der Waals surface area contributed by atoms with Crippen molar-refractivity contribution in [1.29, 1.82) is 0 Å². The highest BCUT2D eigenvalue weighted by Gasteiger charge is 2.23. The van der Waals surface area contributed by atoms with E-state index in [2.05, 4.69) is 47.9 Å². The summed E-state index contributed by atoms with van der Waals surface area (Å²) in [7, 11) is 5.02. The Kier molecular flexibility index (Phi) is 46.0. The quantitative estimate of drug-likeness (QED) is 0.00704. The highest BCUT2D eigenvalue weighted by atomic mass is 16.7. The summed E-state index contributed by atoms with van der Waals surface area (Å²) in [4.78, 5) is 146. The first-order valence-corrected chi connectivity index (χ1v) is 43.6. The second-order valence-corrected chi connectivity index (χ2v) is 29.9. The first-order valence-electron chi connectivity index (χ1n) is 43.6. The van der Waals surface area contributed by atoms with E-state index in [1.165, 1.54) is 66.7 Å². The minimum atomic E-state index is -0.927. The smallest absolute Gasteiger partial charge is 0.494 e. The molecular weight excluding hydrogens is 1780 g/mol. The summed E-state index contributed by atoms with van der Waals surface area (Å²) < 4.78 is 92.2. The minimum absolute atomic E-state index is 0.0665. The number of aryl methyl sites for hydroxylation is 4. The molecule has 0 saturated carbocycles. The van der Waals surface area contributed by atoms with Gasteiger partial charge in [0, 0.05) is 63.3 Å². The molecule has 0 radical (unpaired) electrons. The normalized spacial score (nSPS) is 10.2. The maximum absolute atomic E-state index is 12.9. The Labute approximate surface area is 799 Å². The number of benzene rings is 9. The topological polar surface area (TPSA) is 389 Å². The maximum atomic E-state index is 12.9. The summed E-state index contributed by atoms with van der Waals surface area (Å²) in [5.41, 5.74) is 7.40. The average molecular weight is 1890 g/mol. The van der Waals surface area contributed by atoms with Crippen LogP contribution in [0.4, 0.5) is 15.3 Å². The second-order valence-electron chi connectivity index (χ2n) is 29.9. The number of nitrogens with zero attached hydrogens (tertiary/aromatic N) is 2. The van der Waals surface area contributed by atoms with Crippen LogP contribution in [-0.4, -0.2) is 158 Å². The van der Waals surface area contributed by atoms with Gasteiger partial charge < -0.3 is 90.5 Å². The van der Waals surface area contributed by atoms with Gasteiger partial charge in [-0.05, 0) is 297 Å². The predicted octanol–water partition coefficient (Wildman–Crippen LogP) is 18.1. The highest BCUT2D eigenvalue weighted by Crippen LogP contribution is 2.35. The molecule has 1 N–H and O–H groups in total. The number of anilines is 1.